The Labute approximate surface area is 78.7 Å². The number of ether oxygens (including phenoxy) is 1. The number of hydrogen-bond donors (Lipinski definition) is 1. The predicted molar refractivity (Wildman–Crippen MR) is 52.2 cm³/mol. The Balaban J connectivity index is 2.32. The molecule has 1 aromatic rings. The van der Waals surface area contributed by atoms with Gasteiger partial charge in [0.25, 0.3) is 0 Å². The van der Waals surface area contributed by atoms with E-state index in [1.54, 1.807) is 4.68 Å². The number of unbranched alkanes of at least 4 members (excludes halogenated alkanes) is 1. The highest BCUT2D eigenvalue weighted by Crippen LogP contribution is 2.05. The fourth-order valence-corrected chi connectivity index (χ4v) is 1.09. The molecular formula is C9H17N3O. The van der Waals surface area contributed by atoms with Crippen LogP contribution >= 0.6 is 0 Å². The second-order valence-corrected chi connectivity index (χ2v) is 3.09. The zero-order valence-corrected chi connectivity index (χ0v) is 8.29. The van der Waals surface area contributed by atoms with Gasteiger partial charge in [0.15, 0.2) is 0 Å². The lowest BCUT2D eigenvalue weighted by Crippen LogP contribution is -2.02. The fraction of sp³-hybridized carbons (Fsp3) is 0.667. The van der Waals surface area contributed by atoms with Gasteiger partial charge < -0.3 is 10.5 Å². The first-order valence-corrected chi connectivity index (χ1v) is 4.60. The monoisotopic (exact) mass is 183 g/mol. The highest BCUT2D eigenvalue weighted by atomic mass is 16.5. The minimum Gasteiger partial charge on any atom is -0.382 e. The van der Waals surface area contributed by atoms with Crippen molar-refractivity contribution >= 4 is 5.82 Å². The van der Waals surface area contributed by atoms with Crippen LogP contribution in [0.15, 0.2) is 6.07 Å². The Morgan fingerprint density at radius 2 is 2.38 bits per heavy atom. The fourth-order valence-electron chi connectivity index (χ4n) is 1.09. The van der Waals surface area contributed by atoms with Crippen LogP contribution in [0.1, 0.15) is 25.5 Å². The van der Waals surface area contributed by atoms with Crippen LogP contribution in [0.5, 0.6) is 0 Å². The van der Waals surface area contributed by atoms with Crippen LogP contribution in [0.3, 0.4) is 0 Å². The summed E-state index contributed by atoms with van der Waals surface area (Å²) in [4.78, 5) is 0. The zero-order chi connectivity index (χ0) is 9.68. The smallest absolute Gasteiger partial charge is 0.145 e. The average Bonchev–Trinajstić information content (AvgIpc) is 2.39. The normalized spacial score (nSPS) is 10.6. The molecule has 4 nitrogen and oxygen atoms in total. The van der Waals surface area contributed by atoms with E-state index in [1.807, 2.05) is 13.1 Å². The van der Waals surface area contributed by atoms with E-state index >= 15 is 0 Å². The van der Waals surface area contributed by atoms with Crippen LogP contribution in [-0.4, -0.2) is 16.4 Å². The topological polar surface area (TPSA) is 53.1 Å². The Bertz CT molecular complexity index is 257. The Morgan fingerprint density at radius 3 is 2.92 bits per heavy atom. The molecule has 0 spiro atoms. The molecule has 0 fully saturated rings. The maximum absolute atomic E-state index is 5.52. The Hall–Kier alpha value is -1.03. The lowest BCUT2D eigenvalue weighted by atomic mass is 10.4. The van der Waals surface area contributed by atoms with Gasteiger partial charge in [0.2, 0.25) is 0 Å². The van der Waals surface area contributed by atoms with Crippen LogP contribution in [0.4, 0.5) is 5.82 Å². The van der Waals surface area contributed by atoms with Crippen molar-refractivity contribution in [3.05, 3.63) is 11.8 Å². The molecule has 0 atom stereocenters. The molecule has 2 N–H and O–H groups in total. The molecule has 0 aliphatic rings. The van der Waals surface area contributed by atoms with Crippen LogP contribution in [0.25, 0.3) is 0 Å². The van der Waals surface area contributed by atoms with Crippen molar-refractivity contribution in [2.24, 2.45) is 7.05 Å². The number of nitrogens with zero attached hydrogens (tertiary/aromatic N) is 2. The van der Waals surface area contributed by atoms with Crippen molar-refractivity contribution in [2.75, 3.05) is 12.3 Å². The van der Waals surface area contributed by atoms with Crippen LogP contribution in [0, 0.1) is 0 Å². The van der Waals surface area contributed by atoms with Crippen molar-refractivity contribution in [3.8, 4) is 0 Å². The molecule has 0 bridgehead atoms. The number of anilines is 1. The molecule has 0 unspecified atom stereocenters. The van der Waals surface area contributed by atoms with Crippen LogP contribution in [0.2, 0.25) is 0 Å². The lowest BCUT2D eigenvalue weighted by molar-refractivity contribution is 0.113. The third kappa shape index (κ3) is 3.06. The van der Waals surface area contributed by atoms with Gasteiger partial charge in [-0.15, -0.1) is 0 Å². The molecule has 1 aromatic heterocycles. The Morgan fingerprint density at radius 1 is 1.62 bits per heavy atom. The number of aryl methyl sites for hydroxylation is 1. The van der Waals surface area contributed by atoms with E-state index < -0.39 is 0 Å². The summed E-state index contributed by atoms with van der Waals surface area (Å²) in [5, 5.41) is 4.02. The summed E-state index contributed by atoms with van der Waals surface area (Å²) < 4.78 is 7.19. The first kappa shape index (κ1) is 10.1. The first-order chi connectivity index (χ1) is 6.24. The van der Waals surface area contributed by atoms with E-state index in [-0.39, 0.29) is 0 Å². The molecule has 13 heavy (non-hydrogen) atoms. The van der Waals surface area contributed by atoms with E-state index in [1.165, 1.54) is 0 Å². The average molecular weight is 183 g/mol. The van der Waals surface area contributed by atoms with Gasteiger partial charge >= 0.3 is 0 Å². The Kier molecular flexibility index (Phi) is 3.76. The second kappa shape index (κ2) is 4.87. The highest BCUT2D eigenvalue weighted by Gasteiger charge is 2.01. The largest absolute Gasteiger partial charge is 0.382 e. The zero-order valence-electron chi connectivity index (χ0n) is 8.29. The quantitative estimate of drug-likeness (QED) is 0.700. The summed E-state index contributed by atoms with van der Waals surface area (Å²) in [6, 6.07) is 1.84. The number of rotatable bonds is 5. The lowest BCUT2D eigenvalue weighted by Gasteiger charge is -2.02. The van der Waals surface area contributed by atoms with Gasteiger partial charge in [0.05, 0.1) is 12.3 Å². The summed E-state index contributed by atoms with van der Waals surface area (Å²) in [5.41, 5.74) is 6.54. The molecule has 1 rings (SSSR count). The van der Waals surface area contributed by atoms with Gasteiger partial charge in [-0.2, -0.15) is 5.10 Å². The molecule has 0 aliphatic carbocycles. The molecule has 0 aromatic carbocycles. The van der Waals surface area contributed by atoms with E-state index in [4.69, 9.17) is 10.5 Å². The third-order valence-corrected chi connectivity index (χ3v) is 1.89. The van der Waals surface area contributed by atoms with Crippen molar-refractivity contribution in [1.82, 2.24) is 9.78 Å². The molecule has 0 radical (unpaired) electrons. The number of nitrogens with two attached hydrogens (primary N) is 1. The number of nitrogen functional groups attached to an aromatic ring is 1. The van der Waals surface area contributed by atoms with E-state index in [0.29, 0.717) is 12.4 Å². The molecule has 1 heterocycles. The molecule has 0 aliphatic heterocycles. The molecule has 74 valence electrons. The standard InChI is InChI=1S/C9H17N3O/c1-3-4-5-13-7-8-6-9(10)11-12(8)2/h6H,3-5,7H2,1-2H3,(H2,10,11). The second-order valence-electron chi connectivity index (χ2n) is 3.09. The highest BCUT2D eigenvalue weighted by molar-refractivity contribution is 5.28. The molecule has 0 amide bonds. The molecule has 0 saturated heterocycles. The maximum atomic E-state index is 5.52. The van der Waals surface area contributed by atoms with Crippen molar-refractivity contribution in [2.45, 2.75) is 26.4 Å². The summed E-state index contributed by atoms with van der Waals surface area (Å²) in [6.07, 6.45) is 2.26. The minimum atomic E-state index is 0.552. The molecular weight excluding hydrogens is 166 g/mol. The number of aromatic nitrogens is 2. The van der Waals surface area contributed by atoms with Gasteiger partial charge in [-0.25, -0.2) is 0 Å². The number of hydrogen-bond acceptors (Lipinski definition) is 3. The summed E-state index contributed by atoms with van der Waals surface area (Å²) >= 11 is 0. The van der Waals surface area contributed by atoms with Gasteiger partial charge in [0, 0.05) is 19.7 Å². The SMILES string of the molecule is CCCCOCc1cc(N)nn1C. The summed E-state index contributed by atoms with van der Waals surface area (Å²) in [7, 11) is 1.87. The summed E-state index contributed by atoms with van der Waals surface area (Å²) in [5.74, 6) is 0.552. The van der Waals surface area contributed by atoms with Gasteiger partial charge in [0.1, 0.15) is 5.82 Å². The third-order valence-electron chi connectivity index (χ3n) is 1.89. The molecule has 4 heteroatoms. The van der Waals surface area contributed by atoms with Crippen molar-refractivity contribution in [3.63, 3.8) is 0 Å². The molecule has 0 saturated carbocycles. The van der Waals surface area contributed by atoms with Gasteiger partial charge in [-0.3, -0.25) is 4.68 Å². The minimum absolute atomic E-state index is 0.552. The maximum Gasteiger partial charge on any atom is 0.145 e. The van der Waals surface area contributed by atoms with Crippen LogP contribution < -0.4 is 5.73 Å². The van der Waals surface area contributed by atoms with Crippen LogP contribution in [-0.2, 0) is 18.4 Å². The van der Waals surface area contributed by atoms with Gasteiger partial charge in [-0.05, 0) is 6.42 Å². The van der Waals surface area contributed by atoms with E-state index in [0.717, 1.165) is 25.1 Å². The summed E-state index contributed by atoms with van der Waals surface area (Å²) in [6.45, 7) is 3.55. The van der Waals surface area contributed by atoms with E-state index in [2.05, 4.69) is 12.0 Å². The van der Waals surface area contributed by atoms with Crippen molar-refractivity contribution < 1.29 is 4.74 Å². The van der Waals surface area contributed by atoms with E-state index in [9.17, 15) is 0 Å². The van der Waals surface area contributed by atoms with Crippen molar-refractivity contribution in [1.29, 1.82) is 0 Å². The predicted octanol–water partition coefficient (Wildman–Crippen LogP) is 1.32. The first-order valence-electron chi connectivity index (χ1n) is 4.60. The van der Waals surface area contributed by atoms with Gasteiger partial charge in [-0.1, -0.05) is 13.3 Å².